The van der Waals surface area contributed by atoms with Gasteiger partial charge in [0.1, 0.15) is 6.17 Å². The predicted octanol–water partition coefficient (Wildman–Crippen LogP) is 4.70. The van der Waals surface area contributed by atoms with Crippen molar-refractivity contribution in [2.75, 3.05) is 5.32 Å². The molecule has 0 radical (unpaired) electrons. The van der Waals surface area contributed by atoms with E-state index in [1.807, 2.05) is 54.6 Å². The van der Waals surface area contributed by atoms with E-state index in [4.69, 9.17) is 0 Å². The molecule has 2 N–H and O–H groups in total. The number of anilines is 1. The third kappa shape index (κ3) is 2.41. The number of hydrogen-bond acceptors (Lipinski definition) is 2. The fourth-order valence-electron chi connectivity index (χ4n) is 4.01. The summed E-state index contributed by atoms with van der Waals surface area (Å²) >= 11 is 0. The quantitative estimate of drug-likeness (QED) is 0.549. The van der Waals surface area contributed by atoms with Crippen molar-refractivity contribution in [2.24, 2.45) is 7.05 Å². The summed E-state index contributed by atoms with van der Waals surface area (Å²) in [6, 6.07) is 26.3. The summed E-state index contributed by atoms with van der Waals surface area (Å²) in [5, 5.41) is 7.79. The molecule has 4 aromatic rings. The molecular formula is C23H19N3O. The fraction of sp³-hybridized carbons (Fsp3) is 0.0870. The lowest BCUT2D eigenvalue weighted by Crippen LogP contribution is -2.38. The molecule has 0 fully saturated rings. The van der Waals surface area contributed by atoms with Crippen LogP contribution in [0.25, 0.3) is 22.2 Å². The number of amides is 1. The molecule has 0 saturated heterocycles. The van der Waals surface area contributed by atoms with Gasteiger partial charge in [0.25, 0.3) is 5.91 Å². The normalized spacial score (nSPS) is 15.9. The lowest BCUT2D eigenvalue weighted by molar-refractivity contribution is 0.0936. The molecule has 5 rings (SSSR count). The van der Waals surface area contributed by atoms with Gasteiger partial charge in [-0.3, -0.25) is 4.79 Å². The summed E-state index contributed by atoms with van der Waals surface area (Å²) in [6.07, 6.45) is -0.297. The second-order valence-electron chi connectivity index (χ2n) is 6.80. The first-order valence-electron chi connectivity index (χ1n) is 9.03. The summed E-state index contributed by atoms with van der Waals surface area (Å²) in [4.78, 5) is 12.7. The van der Waals surface area contributed by atoms with Crippen LogP contribution in [-0.4, -0.2) is 10.5 Å². The Morgan fingerprint density at radius 2 is 1.52 bits per heavy atom. The van der Waals surface area contributed by atoms with E-state index in [2.05, 4.69) is 46.5 Å². The molecule has 0 spiro atoms. The maximum absolute atomic E-state index is 12.7. The molecular weight excluding hydrogens is 334 g/mol. The first kappa shape index (κ1) is 15.7. The minimum atomic E-state index is -0.297. The highest BCUT2D eigenvalue weighted by Gasteiger charge is 2.29. The smallest absolute Gasteiger partial charge is 0.255 e. The molecule has 0 unspecified atom stereocenters. The zero-order valence-electron chi connectivity index (χ0n) is 14.9. The zero-order chi connectivity index (χ0) is 18.4. The molecule has 1 aliphatic heterocycles. The van der Waals surface area contributed by atoms with Gasteiger partial charge in [-0.1, -0.05) is 60.7 Å². The number of fused-ring (bicyclic) bond motifs is 2. The molecule has 2 heterocycles. The molecule has 0 aliphatic carbocycles. The number of carbonyl (C=O) groups is 1. The van der Waals surface area contributed by atoms with Crippen molar-refractivity contribution >= 4 is 22.5 Å². The van der Waals surface area contributed by atoms with Gasteiger partial charge in [0.2, 0.25) is 0 Å². The highest BCUT2D eigenvalue weighted by atomic mass is 16.2. The minimum absolute atomic E-state index is 0.0544. The van der Waals surface area contributed by atoms with E-state index in [1.165, 1.54) is 0 Å². The first-order valence-corrected chi connectivity index (χ1v) is 9.03. The molecule has 0 bridgehead atoms. The third-order valence-corrected chi connectivity index (χ3v) is 5.23. The summed E-state index contributed by atoms with van der Waals surface area (Å²) < 4.78 is 2.20. The number of nitrogens with zero attached hydrogens (tertiary/aromatic N) is 1. The van der Waals surface area contributed by atoms with Crippen LogP contribution < -0.4 is 10.6 Å². The van der Waals surface area contributed by atoms with E-state index in [0.29, 0.717) is 5.56 Å². The topological polar surface area (TPSA) is 46.1 Å². The SMILES string of the molecule is Cn1c(-c2ccccc2)c([C@H]2NC(=O)c3ccccc3N2)c2ccccc21. The Hall–Kier alpha value is -3.53. The van der Waals surface area contributed by atoms with Crippen LogP contribution in [0, 0.1) is 0 Å². The van der Waals surface area contributed by atoms with Gasteiger partial charge in [-0.2, -0.15) is 0 Å². The van der Waals surface area contributed by atoms with Crippen molar-refractivity contribution < 1.29 is 4.79 Å². The Balaban J connectivity index is 1.75. The third-order valence-electron chi connectivity index (χ3n) is 5.23. The standard InChI is InChI=1S/C23H19N3O/c1-26-19-14-8-6-12-17(19)20(21(26)15-9-3-2-4-10-15)22-24-18-13-7-5-11-16(18)23(27)25-22/h2-14,22,24H,1H3,(H,25,27)/t22-/m1/s1. The summed E-state index contributed by atoms with van der Waals surface area (Å²) in [5.74, 6) is -0.0544. The van der Waals surface area contributed by atoms with E-state index in [1.54, 1.807) is 0 Å². The van der Waals surface area contributed by atoms with Crippen molar-refractivity contribution in [3.8, 4) is 11.3 Å². The zero-order valence-corrected chi connectivity index (χ0v) is 14.9. The van der Waals surface area contributed by atoms with Gasteiger partial charge in [0.05, 0.1) is 11.3 Å². The number of aromatic nitrogens is 1. The summed E-state index contributed by atoms with van der Waals surface area (Å²) in [7, 11) is 2.08. The summed E-state index contributed by atoms with van der Waals surface area (Å²) in [6.45, 7) is 0. The Labute approximate surface area is 157 Å². The van der Waals surface area contributed by atoms with Crippen LogP contribution in [0.15, 0.2) is 78.9 Å². The predicted molar refractivity (Wildman–Crippen MR) is 109 cm³/mol. The number of carbonyl (C=O) groups excluding carboxylic acids is 1. The average Bonchev–Trinajstić information content (AvgIpc) is 3.01. The second-order valence-corrected chi connectivity index (χ2v) is 6.80. The van der Waals surface area contributed by atoms with Gasteiger partial charge >= 0.3 is 0 Å². The first-order chi connectivity index (χ1) is 13.2. The van der Waals surface area contributed by atoms with Gasteiger partial charge in [-0.05, 0) is 23.8 Å². The van der Waals surface area contributed by atoms with Crippen LogP contribution in [0.2, 0.25) is 0 Å². The number of rotatable bonds is 2. The average molecular weight is 353 g/mol. The van der Waals surface area contributed by atoms with E-state index in [0.717, 1.165) is 33.4 Å². The molecule has 1 amide bonds. The van der Waals surface area contributed by atoms with Crippen molar-refractivity contribution in [3.05, 3.63) is 90.0 Å². The lowest BCUT2D eigenvalue weighted by Gasteiger charge is -2.29. The Morgan fingerprint density at radius 1 is 0.815 bits per heavy atom. The Bertz CT molecular complexity index is 1160. The number of hydrogen-bond donors (Lipinski definition) is 2. The lowest BCUT2D eigenvalue weighted by atomic mass is 10.00. The fourth-order valence-corrected chi connectivity index (χ4v) is 4.01. The largest absolute Gasteiger partial charge is 0.361 e. The molecule has 27 heavy (non-hydrogen) atoms. The Morgan fingerprint density at radius 3 is 2.37 bits per heavy atom. The number of para-hydroxylation sites is 2. The van der Waals surface area contributed by atoms with E-state index in [9.17, 15) is 4.79 Å². The maximum Gasteiger partial charge on any atom is 0.255 e. The van der Waals surface area contributed by atoms with Crippen molar-refractivity contribution in [1.82, 2.24) is 9.88 Å². The summed E-state index contributed by atoms with van der Waals surface area (Å²) in [5.41, 5.74) is 5.99. The molecule has 1 aromatic heterocycles. The molecule has 3 aromatic carbocycles. The number of benzene rings is 3. The van der Waals surface area contributed by atoms with E-state index in [-0.39, 0.29) is 12.1 Å². The molecule has 1 aliphatic rings. The molecule has 132 valence electrons. The van der Waals surface area contributed by atoms with E-state index >= 15 is 0 Å². The molecule has 4 nitrogen and oxygen atoms in total. The number of nitrogens with one attached hydrogen (secondary N) is 2. The van der Waals surface area contributed by atoms with Gasteiger partial charge in [0.15, 0.2) is 0 Å². The van der Waals surface area contributed by atoms with Crippen LogP contribution in [-0.2, 0) is 7.05 Å². The van der Waals surface area contributed by atoms with Crippen molar-refractivity contribution in [2.45, 2.75) is 6.17 Å². The van der Waals surface area contributed by atoms with Gasteiger partial charge in [-0.25, -0.2) is 0 Å². The molecule has 0 saturated carbocycles. The second kappa shape index (κ2) is 6.02. The number of aryl methyl sites for hydroxylation is 1. The van der Waals surface area contributed by atoms with Crippen molar-refractivity contribution in [1.29, 1.82) is 0 Å². The van der Waals surface area contributed by atoms with Crippen LogP contribution >= 0.6 is 0 Å². The maximum atomic E-state index is 12.7. The highest BCUT2D eigenvalue weighted by molar-refractivity contribution is 6.03. The van der Waals surface area contributed by atoms with Crippen LogP contribution in [0.5, 0.6) is 0 Å². The minimum Gasteiger partial charge on any atom is -0.361 e. The highest BCUT2D eigenvalue weighted by Crippen LogP contribution is 2.39. The van der Waals surface area contributed by atoms with Gasteiger partial charge in [-0.15, -0.1) is 0 Å². The molecule has 4 heteroatoms. The van der Waals surface area contributed by atoms with Crippen LogP contribution in [0.3, 0.4) is 0 Å². The van der Waals surface area contributed by atoms with E-state index < -0.39 is 0 Å². The van der Waals surface area contributed by atoms with Gasteiger partial charge in [0, 0.05) is 29.2 Å². The molecule has 1 atom stereocenters. The van der Waals surface area contributed by atoms with Crippen LogP contribution in [0.1, 0.15) is 22.1 Å². The monoisotopic (exact) mass is 353 g/mol. The van der Waals surface area contributed by atoms with Crippen molar-refractivity contribution in [3.63, 3.8) is 0 Å². The van der Waals surface area contributed by atoms with Crippen LogP contribution in [0.4, 0.5) is 5.69 Å². The van der Waals surface area contributed by atoms with Gasteiger partial charge < -0.3 is 15.2 Å². The Kier molecular flexibility index (Phi) is 3.50.